The molecule has 67 valence electrons. The molecule has 1 radical (unpaired) electrons. The third-order valence-corrected chi connectivity index (χ3v) is 1.32. The van der Waals surface area contributed by atoms with Crippen LogP contribution in [-0.2, 0) is 12.7 Å². The standard InChI is InChI=1S/C7H7F3NO/c1-11-4-5-2-3-12-6(5)7(8,9)10/h2-3,11H,1,4H2. The Morgan fingerprint density at radius 1 is 1.50 bits per heavy atom. The van der Waals surface area contributed by atoms with Crippen molar-refractivity contribution in [1.29, 1.82) is 0 Å². The second kappa shape index (κ2) is 3.18. The van der Waals surface area contributed by atoms with E-state index in [0.717, 1.165) is 6.26 Å². The first-order valence-electron chi connectivity index (χ1n) is 3.19. The minimum atomic E-state index is -4.42. The zero-order valence-corrected chi connectivity index (χ0v) is 6.11. The van der Waals surface area contributed by atoms with Gasteiger partial charge in [0.2, 0.25) is 5.76 Å². The fourth-order valence-corrected chi connectivity index (χ4v) is 0.858. The zero-order chi connectivity index (χ0) is 9.19. The van der Waals surface area contributed by atoms with Gasteiger partial charge in [0, 0.05) is 19.2 Å². The molecule has 1 N–H and O–H groups in total. The number of nitrogens with one attached hydrogen (secondary N) is 1. The second-order valence-corrected chi connectivity index (χ2v) is 2.20. The largest absolute Gasteiger partial charge is 0.459 e. The second-order valence-electron chi connectivity index (χ2n) is 2.20. The molecule has 0 aliphatic carbocycles. The highest BCUT2D eigenvalue weighted by Crippen LogP contribution is 2.32. The minimum absolute atomic E-state index is 0.0470. The van der Waals surface area contributed by atoms with Gasteiger partial charge in [0.15, 0.2) is 0 Å². The highest BCUT2D eigenvalue weighted by atomic mass is 19.4. The van der Waals surface area contributed by atoms with E-state index in [2.05, 4.69) is 16.8 Å². The van der Waals surface area contributed by atoms with Gasteiger partial charge in [0.1, 0.15) is 0 Å². The summed E-state index contributed by atoms with van der Waals surface area (Å²) in [7, 11) is 3.22. The molecule has 0 aliphatic heterocycles. The molecule has 12 heavy (non-hydrogen) atoms. The Labute approximate surface area is 67.4 Å². The van der Waals surface area contributed by atoms with E-state index in [-0.39, 0.29) is 12.1 Å². The Balaban J connectivity index is 2.91. The van der Waals surface area contributed by atoms with Crippen molar-refractivity contribution in [2.75, 3.05) is 0 Å². The quantitative estimate of drug-likeness (QED) is 0.750. The molecule has 1 heterocycles. The summed E-state index contributed by atoms with van der Waals surface area (Å²) in [6, 6.07) is 1.26. The molecular weight excluding hydrogens is 171 g/mol. The number of hydrogen-bond acceptors (Lipinski definition) is 2. The lowest BCUT2D eigenvalue weighted by Crippen LogP contribution is -2.10. The van der Waals surface area contributed by atoms with Crippen LogP contribution >= 0.6 is 0 Å². The molecule has 1 aromatic rings. The molecular formula is C7H7F3NO. The van der Waals surface area contributed by atoms with E-state index in [0.29, 0.717) is 0 Å². The summed E-state index contributed by atoms with van der Waals surface area (Å²) < 4.78 is 40.5. The van der Waals surface area contributed by atoms with Gasteiger partial charge in [0.05, 0.1) is 6.26 Å². The summed E-state index contributed by atoms with van der Waals surface area (Å²) in [4.78, 5) is 0. The molecule has 0 fully saturated rings. The molecule has 1 aromatic heterocycles. The van der Waals surface area contributed by atoms with Crippen molar-refractivity contribution in [3.05, 3.63) is 30.7 Å². The molecule has 0 saturated carbocycles. The van der Waals surface area contributed by atoms with Crippen molar-refractivity contribution < 1.29 is 17.6 Å². The third kappa shape index (κ3) is 1.79. The Bertz CT molecular complexity index is 253. The number of alkyl halides is 3. The average Bonchev–Trinajstić information content (AvgIpc) is 2.34. The molecule has 0 spiro atoms. The Morgan fingerprint density at radius 3 is 2.67 bits per heavy atom. The summed E-state index contributed by atoms with van der Waals surface area (Å²) in [5.74, 6) is -0.960. The number of hydrogen-bond donors (Lipinski definition) is 1. The van der Waals surface area contributed by atoms with Crippen LogP contribution in [0.2, 0.25) is 0 Å². The SMILES string of the molecule is [CH2]NCc1ccoc1C(F)(F)F. The van der Waals surface area contributed by atoms with E-state index >= 15 is 0 Å². The van der Waals surface area contributed by atoms with Gasteiger partial charge in [-0.2, -0.15) is 13.2 Å². The van der Waals surface area contributed by atoms with Gasteiger partial charge in [-0.05, 0) is 6.07 Å². The zero-order valence-electron chi connectivity index (χ0n) is 6.11. The van der Waals surface area contributed by atoms with Crippen molar-refractivity contribution in [3.63, 3.8) is 0 Å². The van der Waals surface area contributed by atoms with Crippen LogP contribution in [0.3, 0.4) is 0 Å². The molecule has 0 aliphatic rings. The summed E-state index contributed by atoms with van der Waals surface area (Å²) in [6.07, 6.45) is -3.41. The van der Waals surface area contributed by atoms with Crippen LogP contribution in [0.25, 0.3) is 0 Å². The average molecular weight is 178 g/mol. The van der Waals surface area contributed by atoms with Crippen molar-refractivity contribution in [1.82, 2.24) is 5.32 Å². The normalized spacial score (nSPS) is 12.0. The van der Waals surface area contributed by atoms with Crippen molar-refractivity contribution >= 4 is 0 Å². The monoisotopic (exact) mass is 178 g/mol. The Hall–Kier alpha value is -0.970. The van der Waals surface area contributed by atoms with Crippen molar-refractivity contribution in [2.24, 2.45) is 0 Å². The molecule has 0 aromatic carbocycles. The van der Waals surface area contributed by atoms with Crippen LogP contribution in [0.4, 0.5) is 13.2 Å². The van der Waals surface area contributed by atoms with E-state index in [9.17, 15) is 13.2 Å². The van der Waals surface area contributed by atoms with E-state index in [1.807, 2.05) is 0 Å². The maximum absolute atomic E-state index is 12.1. The summed E-state index contributed by atoms with van der Waals surface area (Å²) >= 11 is 0. The maximum atomic E-state index is 12.1. The first-order valence-corrected chi connectivity index (χ1v) is 3.19. The molecule has 2 nitrogen and oxygen atoms in total. The van der Waals surface area contributed by atoms with Gasteiger partial charge in [-0.15, -0.1) is 0 Å². The van der Waals surface area contributed by atoms with Crippen LogP contribution in [-0.4, -0.2) is 0 Å². The molecule has 0 amide bonds. The van der Waals surface area contributed by atoms with Gasteiger partial charge in [-0.25, -0.2) is 0 Å². The van der Waals surface area contributed by atoms with Crippen LogP contribution in [0.5, 0.6) is 0 Å². The van der Waals surface area contributed by atoms with Gasteiger partial charge in [-0.1, -0.05) is 0 Å². The van der Waals surface area contributed by atoms with E-state index in [1.54, 1.807) is 0 Å². The van der Waals surface area contributed by atoms with Gasteiger partial charge >= 0.3 is 6.18 Å². The number of halogens is 3. The minimum Gasteiger partial charge on any atom is -0.459 e. The molecule has 0 saturated heterocycles. The van der Waals surface area contributed by atoms with Crippen LogP contribution in [0.15, 0.2) is 16.7 Å². The van der Waals surface area contributed by atoms with Crippen LogP contribution in [0.1, 0.15) is 11.3 Å². The lowest BCUT2D eigenvalue weighted by Gasteiger charge is -2.04. The lowest BCUT2D eigenvalue weighted by molar-refractivity contribution is -0.153. The van der Waals surface area contributed by atoms with Gasteiger partial charge < -0.3 is 9.73 Å². The van der Waals surface area contributed by atoms with E-state index < -0.39 is 11.9 Å². The van der Waals surface area contributed by atoms with Crippen molar-refractivity contribution in [3.8, 4) is 0 Å². The first kappa shape index (κ1) is 9.12. The van der Waals surface area contributed by atoms with Gasteiger partial charge in [0.25, 0.3) is 0 Å². The molecule has 0 atom stereocenters. The summed E-state index contributed by atoms with van der Waals surface area (Å²) in [5.41, 5.74) is 0.0671. The maximum Gasteiger partial charge on any atom is 0.449 e. The van der Waals surface area contributed by atoms with Crippen LogP contribution < -0.4 is 5.32 Å². The fourth-order valence-electron chi connectivity index (χ4n) is 0.858. The molecule has 1 rings (SSSR count). The van der Waals surface area contributed by atoms with E-state index in [1.165, 1.54) is 6.07 Å². The molecule has 0 bridgehead atoms. The van der Waals surface area contributed by atoms with Crippen molar-refractivity contribution in [2.45, 2.75) is 12.7 Å². The number of furan rings is 1. The Kier molecular flexibility index (Phi) is 2.42. The highest BCUT2D eigenvalue weighted by Gasteiger charge is 2.36. The predicted molar refractivity (Wildman–Crippen MR) is 35.9 cm³/mol. The lowest BCUT2D eigenvalue weighted by atomic mass is 10.2. The van der Waals surface area contributed by atoms with Crippen LogP contribution in [0, 0.1) is 7.05 Å². The predicted octanol–water partition coefficient (Wildman–Crippen LogP) is 2.18. The number of rotatable bonds is 2. The topological polar surface area (TPSA) is 25.2 Å². The Morgan fingerprint density at radius 2 is 2.17 bits per heavy atom. The highest BCUT2D eigenvalue weighted by molar-refractivity contribution is 5.19. The molecule has 5 heteroatoms. The third-order valence-electron chi connectivity index (χ3n) is 1.32. The first-order chi connectivity index (χ1) is 5.55. The van der Waals surface area contributed by atoms with Gasteiger partial charge in [-0.3, -0.25) is 0 Å². The molecule has 0 unspecified atom stereocenters. The fraction of sp³-hybridized carbons (Fsp3) is 0.286. The summed E-state index contributed by atoms with van der Waals surface area (Å²) in [5, 5.41) is 2.37. The summed E-state index contributed by atoms with van der Waals surface area (Å²) in [6.45, 7) is 0.0470. The smallest absolute Gasteiger partial charge is 0.449 e. The van der Waals surface area contributed by atoms with E-state index in [4.69, 9.17) is 0 Å².